The van der Waals surface area contributed by atoms with Gasteiger partial charge in [0.2, 0.25) is 0 Å². The molecule has 78 valence electrons. The van der Waals surface area contributed by atoms with E-state index in [1.54, 1.807) is 12.1 Å². The van der Waals surface area contributed by atoms with Crippen LogP contribution in [0.2, 0.25) is 0 Å². The minimum absolute atomic E-state index is 0.0401. The molecule has 1 rings (SSSR count). The van der Waals surface area contributed by atoms with Crippen LogP contribution in [0.4, 0.5) is 0 Å². The van der Waals surface area contributed by atoms with Crippen LogP contribution in [-0.2, 0) is 10.3 Å². The van der Waals surface area contributed by atoms with Crippen molar-refractivity contribution >= 4 is 0 Å². The number of phenolic OH excluding ortho intramolecular Hbond substituents is 1. The van der Waals surface area contributed by atoms with Crippen molar-refractivity contribution in [3.05, 3.63) is 23.8 Å². The zero-order chi connectivity index (χ0) is 10.8. The van der Waals surface area contributed by atoms with E-state index in [1.165, 1.54) is 7.11 Å². The molecule has 0 bridgehead atoms. The summed E-state index contributed by atoms with van der Waals surface area (Å²) < 4.78 is 0. The lowest BCUT2D eigenvalue weighted by molar-refractivity contribution is -0.179. The molecule has 0 fully saturated rings. The maximum Gasteiger partial charge on any atom is 0.172 e. The normalized spacial score (nSPS) is 11.4. The molecule has 3 heteroatoms. The molecule has 0 aromatic heterocycles. The van der Waals surface area contributed by atoms with Crippen LogP contribution in [0.25, 0.3) is 0 Å². The number of benzene rings is 1. The second-order valence-corrected chi connectivity index (χ2v) is 4.18. The van der Waals surface area contributed by atoms with Gasteiger partial charge < -0.3 is 9.99 Å². The van der Waals surface area contributed by atoms with E-state index >= 15 is 0 Å². The summed E-state index contributed by atoms with van der Waals surface area (Å²) in [6, 6.07) is 5.02. The third kappa shape index (κ3) is 2.39. The fourth-order valence-corrected chi connectivity index (χ4v) is 1.29. The first-order chi connectivity index (χ1) is 6.45. The zero-order valence-corrected chi connectivity index (χ0v) is 9.00. The Bertz CT molecular complexity index is 313. The molecule has 0 aliphatic heterocycles. The molecule has 3 nitrogen and oxygen atoms in total. The molecule has 0 aliphatic rings. The van der Waals surface area contributed by atoms with Gasteiger partial charge >= 0.3 is 0 Å². The Labute approximate surface area is 84.2 Å². The molecule has 0 aliphatic carbocycles. The van der Waals surface area contributed by atoms with E-state index in [4.69, 9.17) is 4.89 Å². The number of hydrogen-bond donors (Lipinski definition) is 1. The Morgan fingerprint density at radius 3 is 2.36 bits per heavy atom. The highest BCUT2D eigenvalue weighted by molar-refractivity contribution is 5.43. The molecule has 0 saturated carbocycles. The van der Waals surface area contributed by atoms with E-state index in [0.29, 0.717) is 5.75 Å². The molecule has 0 saturated heterocycles. The molecular weight excluding hydrogens is 180 g/mol. The fourth-order valence-electron chi connectivity index (χ4n) is 1.29. The van der Waals surface area contributed by atoms with Crippen molar-refractivity contribution in [1.29, 1.82) is 0 Å². The van der Waals surface area contributed by atoms with Gasteiger partial charge in [0.1, 0.15) is 5.75 Å². The molecule has 0 amide bonds. The van der Waals surface area contributed by atoms with E-state index in [2.05, 4.69) is 25.7 Å². The summed E-state index contributed by atoms with van der Waals surface area (Å²) in [5.41, 5.74) is 0.957. The number of rotatable bonds is 2. The number of phenols is 1. The Balaban J connectivity index is 3.15. The lowest BCUT2D eigenvalue weighted by Crippen LogP contribution is -2.13. The van der Waals surface area contributed by atoms with Gasteiger partial charge in [0.25, 0.3) is 0 Å². The monoisotopic (exact) mass is 196 g/mol. The topological polar surface area (TPSA) is 38.7 Å². The zero-order valence-electron chi connectivity index (χ0n) is 9.00. The van der Waals surface area contributed by atoms with Gasteiger partial charge in [0, 0.05) is 11.6 Å². The maximum atomic E-state index is 9.29. The van der Waals surface area contributed by atoms with Gasteiger partial charge in [-0.3, -0.25) is 0 Å². The van der Waals surface area contributed by atoms with Crippen LogP contribution >= 0.6 is 0 Å². The summed E-state index contributed by atoms with van der Waals surface area (Å²) in [5.74, 6) is 0.727. The predicted molar refractivity (Wildman–Crippen MR) is 54.4 cm³/mol. The van der Waals surface area contributed by atoms with Crippen molar-refractivity contribution in [2.45, 2.75) is 26.2 Å². The first-order valence-electron chi connectivity index (χ1n) is 4.49. The summed E-state index contributed by atoms with van der Waals surface area (Å²) >= 11 is 0. The van der Waals surface area contributed by atoms with Gasteiger partial charge in [-0.25, -0.2) is 0 Å². The average Bonchev–Trinajstić information content (AvgIpc) is 2.02. The molecular formula is C11H16O3. The standard InChI is InChI=1S/C11H16O3/c1-11(2,3)9-6-5-8(12)7-10(9)14-13-4/h5-7,12H,1-4H3. The highest BCUT2D eigenvalue weighted by Crippen LogP contribution is 2.33. The van der Waals surface area contributed by atoms with E-state index < -0.39 is 0 Å². The SMILES string of the molecule is COOc1cc(O)ccc1C(C)(C)C. The molecule has 0 unspecified atom stereocenters. The van der Waals surface area contributed by atoms with Crippen LogP contribution in [0.15, 0.2) is 18.2 Å². The lowest BCUT2D eigenvalue weighted by atomic mass is 9.86. The summed E-state index contributed by atoms with van der Waals surface area (Å²) in [6.07, 6.45) is 0. The van der Waals surface area contributed by atoms with Gasteiger partial charge in [0.15, 0.2) is 5.75 Å². The summed E-state index contributed by atoms with van der Waals surface area (Å²) in [6.45, 7) is 6.21. The van der Waals surface area contributed by atoms with Crippen LogP contribution in [0.3, 0.4) is 0 Å². The van der Waals surface area contributed by atoms with Crippen molar-refractivity contribution in [3.63, 3.8) is 0 Å². The third-order valence-electron chi connectivity index (χ3n) is 1.95. The van der Waals surface area contributed by atoms with Crippen molar-refractivity contribution in [1.82, 2.24) is 0 Å². The van der Waals surface area contributed by atoms with Crippen molar-refractivity contribution in [2.24, 2.45) is 0 Å². The van der Waals surface area contributed by atoms with E-state index in [-0.39, 0.29) is 11.2 Å². The van der Waals surface area contributed by atoms with E-state index in [1.807, 2.05) is 6.07 Å². The average molecular weight is 196 g/mol. The van der Waals surface area contributed by atoms with Crippen LogP contribution in [0.1, 0.15) is 26.3 Å². The van der Waals surface area contributed by atoms with E-state index in [0.717, 1.165) is 5.56 Å². The smallest absolute Gasteiger partial charge is 0.172 e. The van der Waals surface area contributed by atoms with Crippen molar-refractivity contribution < 1.29 is 14.9 Å². The van der Waals surface area contributed by atoms with Crippen LogP contribution in [-0.4, -0.2) is 12.2 Å². The predicted octanol–water partition coefficient (Wildman–Crippen LogP) is 2.63. The van der Waals surface area contributed by atoms with Gasteiger partial charge in [-0.2, -0.15) is 4.89 Å². The minimum atomic E-state index is -0.0401. The van der Waals surface area contributed by atoms with Crippen LogP contribution in [0, 0.1) is 0 Å². The minimum Gasteiger partial charge on any atom is -0.508 e. The number of hydrogen-bond acceptors (Lipinski definition) is 3. The largest absolute Gasteiger partial charge is 0.508 e. The maximum absolute atomic E-state index is 9.29. The van der Waals surface area contributed by atoms with Gasteiger partial charge in [-0.05, 0) is 11.5 Å². The molecule has 0 heterocycles. The Hall–Kier alpha value is -1.22. The lowest BCUT2D eigenvalue weighted by Gasteiger charge is -2.21. The number of aromatic hydroxyl groups is 1. The summed E-state index contributed by atoms with van der Waals surface area (Å²) in [5, 5.41) is 9.29. The second-order valence-electron chi connectivity index (χ2n) is 4.18. The van der Waals surface area contributed by atoms with Gasteiger partial charge in [0.05, 0.1) is 7.11 Å². The van der Waals surface area contributed by atoms with Crippen molar-refractivity contribution in [3.8, 4) is 11.5 Å². The Kier molecular flexibility index (Phi) is 3.01. The Morgan fingerprint density at radius 2 is 1.86 bits per heavy atom. The first-order valence-corrected chi connectivity index (χ1v) is 4.49. The fraction of sp³-hybridized carbons (Fsp3) is 0.455. The van der Waals surface area contributed by atoms with Crippen LogP contribution < -0.4 is 4.89 Å². The highest BCUT2D eigenvalue weighted by Gasteiger charge is 2.19. The van der Waals surface area contributed by atoms with Crippen LogP contribution in [0.5, 0.6) is 11.5 Å². The molecule has 0 atom stereocenters. The third-order valence-corrected chi connectivity index (χ3v) is 1.95. The molecule has 14 heavy (non-hydrogen) atoms. The molecule has 1 aromatic carbocycles. The molecule has 1 N–H and O–H groups in total. The Morgan fingerprint density at radius 1 is 1.21 bits per heavy atom. The molecule has 0 radical (unpaired) electrons. The molecule has 1 aromatic rings. The first kappa shape index (κ1) is 10.9. The van der Waals surface area contributed by atoms with Gasteiger partial charge in [-0.1, -0.05) is 26.8 Å². The van der Waals surface area contributed by atoms with Crippen molar-refractivity contribution in [2.75, 3.05) is 7.11 Å². The molecule has 0 spiro atoms. The van der Waals surface area contributed by atoms with E-state index in [9.17, 15) is 5.11 Å². The highest BCUT2D eigenvalue weighted by atomic mass is 17.2. The second kappa shape index (κ2) is 3.88. The van der Waals surface area contributed by atoms with Gasteiger partial charge in [-0.15, -0.1) is 0 Å². The summed E-state index contributed by atoms with van der Waals surface area (Å²) in [7, 11) is 1.44. The summed E-state index contributed by atoms with van der Waals surface area (Å²) in [4.78, 5) is 9.59. The quantitative estimate of drug-likeness (QED) is 0.583.